The fraction of sp³-hybridized carbons (Fsp3) is 0.600. The molecule has 12 nitrogen and oxygen atoms in total. The zero-order valence-electron chi connectivity index (χ0n) is 19.5. The van der Waals surface area contributed by atoms with Crippen LogP contribution in [0.5, 0.6) is 5.75 Å². The number of anilines is 1. The Morgan fingerprint density at radius 3 is 2.65 bits per heavy atom. The van der Waals surface area contributed by atoms with Crippen LogP contribution in [-0.2, 0) is 14.0 Å². The maximum atomic E-state index is 11.5. The number of aromatic nitrogens is 6. The maximum Gasteiger partial charge on any atom is 0.299 e. The molecule has 0 spiro atoms. The van der Waals surface area contributed by atoms with Gasteiger partial charge in [-0.1, -0.05) is 0 Å². The van der Waals surface area contributed by atoms with Crippen molar-refractivity contribution in [1.82, 2.24) is 33.7 Å². The first-order valence-electron chi connectivity index (χ1n) is 11.2. The quantitative estimate of drug-likeness (QED) is 0.430. The largest absolute Gasteiger partial charge is 0.485 e. The number of rotatable bonds is 9. The average molecular weight is 513 g/mol. The molecule has 0 aromatic carbocycles. The summed E-state index contributed by atoms with van der Waals surface area (Å²) in [5.74, 6) is 0.921. The van der Waals surface area contributed by atoms with Crippen LogP contribution in [0.25, 0.3) is 16.9 Å². The standard InChI is InChI=1S/C20H29ClN8O4S/c1-5-32-14(4)28-11-15(10-23-28)17-18(33-13(2)3)19-25-20(26-29(19)12-22-17)24-16-6-8-27(9-7-16)34(21,30)31/h10-14,16H,5-9H2,1-4H3,(H,24,26). The second kappa shape index (κ2) is 10.0. The van der Waals surface area contributed by atoms with Gasteiger partial charge in [0.2, 0.25) is 11.6 Å². The molecule has 0 radical (unpaired) electrons. The number of halogens is 1. The summed E-state index contributed by atoms with van der Waals surface area (Å²) >= 11 is 0. The fourth-order valence-electron chi connectivity index (χ4n) is 3.82. The first kappa shape index (κ1) is 24.6. The first-order chi connectivity index (χ1) is 16.2. The van der Waals surface area contributed by atoms with Crippen molar-refractivity contribution >= 4 is 31.5 Å². The van der Waals surface area contributed by atoms with Gasteiger partial charge < -0.3 is 14.8 Å². The minimum absolute atomic E-state index is 0.0206. The van der Waals surface area contributed by atoms with E-state index in [2.05, 4.69) is 25.5 Å². The topological polar surface area (TPSA) is 129 Å². The summed E-state index contributed by atoms with van der Waals surface area (Å²) in [6, 6.07) is 0.0206. The van der Waals surface area contributed by atoms with Crippen LogP contribution in [0.2, 0.25) is 0 Å². The average Bonchev–Trinajstić information content (AvgIpc) is 3.41. The highest BCUT2D eigenvalue weighted by molar-refractivity contribution is 8.11. The van der Waals surface area contributed by atoms with Crippen LogP contribution < -0.4 is 10.1 Å². The highest BCUT2D eigenvalue weighted by Crippen LogP contribution is 2.33. The Morgan fingerprint density at radius 2 is 2.00 bits per heavy atom. The monoisotopic (exact) mass is 512 g/mol. The smallest absolute Gasteiger partial charge is 0.299 e. The lowest BCUT2D eigenvalue weighted by atomic mass is 10.1. The van der Waals surface area contributed by atoms with Crippen molar-refractivity contribution in [3.63, 3.8) is 0 Å². The summed E-state index contributed by atoms with van der Waals surface area (Å²) in [6.07, 6.45) is 6.04. The molecule has 14 heteroatoms. The van der Waals surface area contributed by atoms with Gasteiger partial charge in [-0.25, -0.2) is 9.67 Å². The summed E-state index contributed by atoms with van der Waals surface area (Å²) in [6.45, 7) is 8.99. The third kappa shape index (κ3) is 5.43. The number of fused-ring (bicyclic) bond motifs is 1. The zero-order valence-corrected chi connectivity index (χ0v) is 21.1. The Labute approximate surface area is 202 Å². The molecule has 1 aliphatic rings. The van der Waals surface area contributed by atoms with Crippen LogP contribution in [0, 0.1) is 0 Å². The Kier molecular flexibility index (Phi) is 7.26. The molecule has 1 atom stereocenters. The molecule has 4 heterocycles. The van der Waals surface area contributed by atoms with Crippen LogP contribution in [0.4, 0.5) is 5.95 Å². The molecule has 0 bridgehead atoms. The molecule has 1 aliphatic heterocycles. The fourth-order valence-corrected chi connectivity index (χ4v) is 4.89. The van der Waals surface area contributed by atoms with Gasteiger partial charge in [0, 0.05) is 48.2 Å². The van der Waals surface area contributed by atoms with Crippen molar-refractivity contribution in [2.45, 2.75) is 58.9 Å². The summed E-state index contributed by atoms with van der Waals surface area (Å²) < 4.78 is 39.3. The van der Waals surface area contributed by atoms with E-state index in [0.717, 1.165) is 5.56 Å². The predicted octanol–water partition coefficient (Wildman–Crippen LogP) is 2.69. The molecule has 1 fully saturated rings. The lowest BCUT2D eigenvalue weighted by Gasteiger charge is -2.29. The Bertz CT molecular complexity index is 1240. The molecule has 0 saturated carbocycles. The second-order valence-corrected chi connectivity index (χ2v) is 10.8. The lowest BCUT2D eigenvalue weighted by Crippen LogP contribution is -2.40. The predicted molar refractivity (Wildman–Crippen MR) is 127 cm³/mol. The van der Waals surface area contributed by atoms with Gasteiger partial charge in [0.1, 0.15) is 18.2 Å². The van der Waals surface area contributed by atoms with Gasteiger partial charge in [-0.15, -0.1) is 5.10 Å². The molecule has 1 saturated heterocycles. The van der Waals surface area contributed by atoms with Crippen molar-refractivity contribution in [3.8, 4) is 17.0 Å². The molecule has 1 unspecified atom stereocenters. The normalized spacial score (nSPS) is 16.9. The maximum absolute atomic E-state index is 11.5. The summed E-state index contributed by atoms with van der Waals surface area (Å²) in [5, 5.41) is 12.2. The molecule has 3 aromatic rings. The second-order valence-electron chi connectivity index (χ2n) is 8.32. The van der Waals surface area contributed by atoms with Crippen molar-refractivity contribution in [3.05, 3.63) is 18.7 Å². The summed E-state index contributed by atoms with van der Waals surface area (Å²) in [7, 11) is 1.75. The molecule has 1 N–H and O–H groups in total. The van der Waals surface area contributed by atoms with E-state index in [9.17, 15) is 8.42 Å². The van der Waals surface area contributed by atoms with Gasteiger partial charge in [-0.2, -0.15) is 27.3 Å². The van der Waals surface area contributed by atoms with Gasteiger partial charge in [-0.05, 0) is 40.5 Å². The van der Waals surface area contributed by atoms with E-state index in [4.69, 9.17) is 20.2 Å². The highest BCUT2D eigenvalue weighted by Gasteiger charge is 2.27. The van der Waals surface area contributed by atoms with Crippen molar-refractivity contribution < 1.29 is 17.9 Å². The van der Waals surface area contributed by atoms with Crippen LogP contribution >= 0.6 is 10.7 Å². The van der Waals surface area contributed by atoms with E-state index in [1.54, 1.807) is 21.7 Å². The minimum Gasteiger partial charge on any atom is -0.485 e. The highest BCUT2D eigenvalue weighted by atomic mass is 35.7. The molecule has 0 amide bonds. The molecule has 3 aromatic heterocycles. The van der Waals surface area contributed by atoms with Gasteiger partial charge in [0.25, 0.3) is 9.24 Å². The Hall–Kier alpha value is -2.48. The molecular formula is C20H29ClN8O4S. The number of nitrogens with one attached hydrogen (secondary N) is 1. The third-order valence-electron chi connectivity index (χ3n) is 5.45. The van der Waals surface area contributed by atoms with Crippen molar-refractivity contribution in [2.24, 2.45) is 0 Å². The van der Waals surface area contributed by atoms with E-state index >= 15 is 0 Å². The van der Waals surface area contributed by atoms with Crippen LogP contribution in [0.15, 0.2) is 18.7 Å². The van der Waals surface area contributed by atoms with Crippen molar-refractivity contribution in [2.75, 3.05) is 25.0 Å². The zero-order chi connectivity index (χ0) is 24.5. The molecule has 4 rings (SSSR count). The third-order valence-corrected chi connectivity index (χ3v) is 7.02. The number of ether oxygens (including phenoxy) is 2. The first-order valence-corrected chi connectivity index (χ1v) is 13.5. The van der Waals surface area contributed by atoms with Gasteiger partial charge in [-0.3, -0.25) is 0 Å². The van der Waals surface area contributed by atoms with E-state index in [0.29, 0.717) is 55.6 Å². The van der Waals surface area contributed by atoms with E-state index in [1.807, 2.05) is 33.9 Å². The minimum atomic E-state index is -3.70. The SMILES string of the molecule is CCOC(C)n1cc(-c2ncn3nc(NC4CCN(S(=O)(=O)Cl)CC4)nc3c2OC(C)C)cn1. The number of piperidine rings is 1. The number of nitrogens with zero attached hydrogens (tertiary/aromatic N) is 7. The van der Waals surface area contributed by atoms with Crippen LogP contribution in [0.1, 0.15) is 46.8 Å². The summed E-state index contributed by atoms with van der Waals surface area (Å²) in [4.78, 5) is 9.22. The molecule has 186 valence electrons. The number of hydrogen-bond donors (Lipinski definition) is 1. The van der Waals surface area contributed by atoms with Gasteiger partial charge >= 0.3 is 0 Å². The van der Waals surface area contributed by atoms with Crippen LogP contribution in [-0.4, -0.2) is 73.9 Å². The van der Waals surface area contributed by atoms with E-state index < -0.39 is 9.24 Å². The Balaban J connectivity index is 1.60. The molecular weight excluding hydrogens is 484 g/mol. The van der Waals surface area contributed by atoms with Gasteiger partial charge in [0.15, 0.2) is 5.75 Å². The lowest BCUT2D eigenvalue weighted by molar-refractivity contribution is 0.0160. The van der Waals surface area contributed by atoms with Crippen LogP contribution in [0.3, 0.4) is 0 Å². The Morgan fingerprint density at radius 1 is 1.26 bits per heavy atom. The molecule has 0 aliphatic carbocycles. The van der Waals surface area contributed by atoms with Crippen molar-refractivity contribution in [1.29, 1.82) is 0 Å². The summed E-state index contributed by atoms with van der Waals surface area (Å²) in [5.41, 5.74) is 1.90. The van der Waals surface area contributed by atoms with Gasteiger partial charge in [0.05, 0.1) is 12.3 Å². The number of hydrogen-bond acceptors (Lipinski definition) is 9. The van der Waals surface area contributed by atoms with E-state index in [-0.39, 0.29) is 18.4 Å². The molecule has 34 heavy (non-hydrogen) atoms. The van der Waals surface area contributed by atoms with E-state index in [1.165, 1.54) is 4.31 Å².